The summed E-state index contributed by atoms with van der Waals surface area (Å²) in [6, 6.07) is 10.5. The molecule has 5 rings (SSSR count). The van der Waals surface area contributed by atoms with E-state index in [0.717, 1.165) is 22.5 Å². The van der Waals surface area contributed by atoms with Gasteiger partial charge in [0.05, 0.1) is 19.1 Å². The fraction of sp³-hybridized carbons (Fsp3) is 0.292. The fourth-order valence-corrected chi connectivity index (χ4v) is 6.00. The number of methoxy groups -OCH3 is 2. The first-order valence-electron chi connectivity index (χ1n) is 11.3. The lowest BCUT2D eigenvalue weighted by atomic mass is 10.1. The Balaban J connectivity index is 1.48. The Hall–Kier alpha value is -3.41. The van der Waals surface area contributed by atoms with Crippen molar-refractivity contribution in [1.82, 2.24) is 23.9 Å². The third kappa shape index (κ3) is 4.23. The molecule has 10 nitrogen and oxygen atoms in total. The lowest BCUT2D eigenvalue weighted by Gasteiger charge is -2.36. The van der Waals surface area contributed by atoms with Crippen molar-refractivity contribution >= 4 is 33.2 Å². The molecule has 1 fully saturated rings. The van der Waals surface area contributed by atoms with Crippen molar-refractivity contribution in [3.63, 3.8) is 0 Å². The van der Waals surface area contributed by atoms with E-state index < -0.39 is 10.0 Å². The van der Waals surface area contributed by atoms with Gasteiger partial charge in [-0.2, -0.15) is 18.9 Å². The van der Waals surface area contributed by atoms with Crippen molar-refractivity contribution in [3.8, 4) is 22.6 Å². The van der Waals surface area contributed by atoms with E-state index in [4.69, 9.17) is 21.1 Å². The molecule has 2 aromatic heterocycles. The highest BCUT2D eigenvalue weighted by Gasteiger charge is 2.31. The molecule has 0 spiro atoms. The molecule has 0 saturated carbocycles. The zero-order chi connectivity index (χ0) is 25.4. The molecule has 4 aromatic rings. The Morgan fingerprint density at radius 2 is 1.69 bits per heavy atom. The molecule has 36 heavy (non-hydrogen) atoms. The first-order chi connectivity index (χ1) is 17.3. The van der Waals surface area contributed by atoms with Crippen LogP contribution in [-0.2, 0) is 10.0 Å². The summed E-state index contributed by atoms with van der Waals surface area (Å²) in [6.45, 7) is 3.36. The summed E-state index contributed by atoms with van der Waals surface area (Å²) in [6.07, 6.45) is 3.20. The SMILES string of the molecule is COc1ccc(-c2cnc3ncnn3c2N2CCN(S(=O)(=O)c3ccc(C)c(Cl)c3)CC2)cc1OC. The topological polar surface area (TPSA) is 102 Å². The zero-order valence-electron chi connectivity index (χ0n) is 20.0. The molecule has 0 N–H and O–H groups in total. The second-order valence-corrected chi connectivity index (χ2v) is 10.7. The summed E-state index contributed by atoms with van der Waals surface area (Å²) in [5.74, 6) is 2.44. The van der Waals surface area contributed by atoms with E-state index in [9.17, 15) is 8.42 Å². The number of ether oxygens (including phenoxy) is 2. The predicted octanol–water partition coefficient (Wildman–Crippen LogP) is 3.28. The number of halogens is 1. The van der Waals surface area contributed by atoms with Crippen molar-refractivity contribution in [2.75, 3.05) is 45.3 Å². The highest BCUT2D eigenvalue weighted by atomic mass is 35.5. The lowest BCUT2D eigenvalue weighted by Crippen LogP contribution is -2.49. The summed E-state index contributed by atoms with van der Waals surface area (Å²) >= 11 is 6.19. The third-order valence-electron chi connectivity index (χ3n) is 6.29. The summed E-state index contributed by atoms with van der Waals surface area (Å²) in [5.41, 5.74) is 2.50. The fourth-order valence-electron chi connectivity index (χ4n) is 4.30. The van der Waals surface area contributed by atoms with E-state index in [-0.39, 0.29) is 4.90 Å². The van der Waals surface area contributed by atoms with Crippen LogP contribution in [0.3, 0.4) is 0 Å². The smallest absolute Gasteiger partial charge is 0.254 e. The maximum atomic E-state index is 13.3. The molecule has 12 heteroatoms. The van der Waals surface area contributed by atoms with Crippen LogP contribution >= 0.6 is 11.6 Å². The minimum atomic E-state index is -3.67. The molecule has 1 aliphatic heterocycles. The van der Waals surface area contributed by atoms with Gasteiger partial charge >= 0.3 is 0 Å². The lowest BCUT2D eigenvalue weighted by molar-refractivity contribution is 0.355. The van der Waals surface area contributed by atoms with Crippen LogP contribution < -0.4 is 14.4 Å². The number of anilines is 1. The minimum Gasteiger partial charge on any atom is -0.493 e. The molecule has 0 aliphatic carbocycles. The normalized spacial score (nSPS) is 14.8. The first kappa shape index (κ1) is 24.3. The van der Waals surface area contributed by atoms with Gasteiger partial charge in [0.25, 0.3) is 5.78 Å². The molecule has 0 bridgehead atoms. The van der Waals surface area contributed by atoms with E-state index >= 15 is 0 Å². The van der Waals surface area contributed by atoms with Gasteiger partial charge in [-0.25, -0.2) is 13.4 Å². The number of aryl methyl sites for hydroxylation is 1. The van der Waals surface area contributed by atoms with Crippen molar-refractivity contribution in [2.24, 2.45) is 0 Å². The number of benzene rings is 2. The van der Waals surface area contributed by atoms with Crippen molar-refractivity contribution in [3.05, 3.63) is 59.5 Å². The first-order valence-corrected chi connectivity index (χ1v) is 13.1. The number of sulfonamides is 1. The number of hydrogen-bond donors (Lipinski definition) is 0. The van der Waals surface area contributed by atoms with Crippen molar-refractivity contribution in [1.29, 1.82) is 0 Å². The second-order valence-electron chi connectivity index (χ2n) is 8.34. The van der Waals surface area contributed by atoms with Gasteiger partial charge in [-0.1, -0.05) is 23.7 Å². The summed E-state index contributed by atoms with van der Waals surface area (Å²) in [7, 11) is -0.500. The third-order valence-corrected chi connectivity index (χ3v) is 8.60. The molecule has 3 heterocycles. The van der Waals surface area contributed by atoms with E-state index in [2.05, 4.69) is 20.0 Å². The van der Waals surface area contributed by atoms with Crippen molar-refractivity contribution < 1.29 is 17.9 Å². The van der Waals surface area contributed by atoms with Gasteiger partial charge in [-0.05, 0) is 42.3 Å². The average molecular weight is 529 g/mol. The molecule has 2 aromatic carbocycles. The van der Waals surface area contributed by atoms with Crippen LogP contribution in [0.15, 0.2) is 53.8 Å². The molecule has 1 aliphatic rings. The van der Waals surface area contributed by atoms with Gasteiger partial charge in [-0.15, -0.1) is 0 Å². The Labute approximate surface area is 214 Å². The van der Waals surface area contributed by atoms with E-state index in [1.807, 2.05) is 25.1 Å². The summed E-state index contributed by atoms with van der Waals surface area (Å²) in [5, 5.41) is 4.82. The number of hydrogen-bond acceptors (Lipinski definition) is 8. The van der Waals surface area contributed by atoms with Gasteiger partial charge in [0.15, 0.2) is 11.5 Å². The molecule has 0 radical (unpaired) electrons. The van der Waals surface area contributed by atoms with Gasteiger partial charge in [-0.3, -0.25) is 0 Å². The predicted molar refractivity (Wildman–Crippen MR) is 136 cm³/mol. The summed E-state index contributed by atoms with van der Waals surface area (Å²) < 4.78 is 40.6. The highest BCUT2D eigenvalue weighted by molar-refractivity contribution is 7.89. The molecule has 1 saturated heterocycles. The maximum absolute atomic E-state index is 13.3. The van der Waals surface area contributed by atoms with E-state index in [0.29, 0.717) is 48.5 Å². The van der Waals surface area contributed by atoms with E-state index in [1.165, 1.54) is 16.7 Å². The van der Waals surface area contributed by atoms with Crippen LogP contribution in [0.2, 0.25) is 5.02 Å². The number of piperazine rings is 1. The zero-order valence-corrected chi connectivity index (χ0v) is 21.6. The van der Waals surface area contributed by atoms with Crippen LogP contribution in [0.1, 0.15) is 5.56 Å². The quantitative estimate of drug-likeness (QED) is 0.376. The molecular weight excluding hydrogens is 504 g/mol. The number of rotatable bonds is 6. The van der Waals surface area contributed by atoms with Gasteiger partial charge in [0.2, 0.25) is 10.0 Å². The Kier molecular flexibility index (Phi) is 6.45. The van der Waals surface area contributed by atoms with Crippen LogP contribution in [0.25, 0.3) is 16.9 Å². The monoisotopic (exact) mass is 528 g/mol. The molecule has 0 unspecified atom stereocenters. The average Bonchev–Trinajstić information content (AvgIpc) is 3.38. The molecular formula is C24H25ClN6O4S. The Bertz CT molecular complexity index is 1530. The van der Waals surface area contributed by atoms with Crippen LogP contribution in [0.4, 0.5) is 5.82 Å². The number of nitrogens with zero attached hydrogens (tertiary/aromatic N) is 6. The number of fused-ring (bicyclic) bond motifs is 1. The van der Waals surface area contributed by atoms with Gasteiger partial charge in [0, 0.05) is 43.0 Å². The molecule has 0 amide bonds. The molecule has 188 valence electrons. The Morgan fingerprint density at radius 3 is 2.39 bits per heavy atom. The minimum absolute atomic E-state index is 0.195. The van der Waals surface area contributed by atoms with Gasteiger partial charge < -0.3 is 14.4 Å². The Morgan fingerprint density at radius 1 is 0.944 bits per heavy atom. The number of aromatic nitrogens is 4. The van der Waals surface area contributed by atoms with Crippen molar-refractivity contribution in [2.45, 2.75) is 11.8 Å². The van der Waals surface area contributed by atoms with Crippen LogP contribution in [-0.4, -0.2) is 72.7 Å². The summed E-state index contributed by atoms with van der Waals surface area (Å²) in [4.78, 5) is 11.0. The highest BCUT2D eigenvalue weighted by Crippen LogP contribution is 2.37. The second kappa shape index (κ2) is 9.57. The van der Waals surface area contributed by atoms with E-state index in [1.54, 1.807) is 37.1 Å². The van der Waals surface area contributed by atoms with Crippen LogP contribution in [0.5, 0.6) is 11.5 Å². The molecule has 0 atom stereocenters. The maximum Gasteiger partial charge on any atom is 0.254 e. The van der Waals surface area contributed by atoms with Gasteiger partial charge in [0.1, 0.15) is 12.1 Å². The standard InChI is InChI=1S/C24H25ClN6O4S/c1-16-4-6-18(13-20(16)25)36(32,33)30-10-8-29(9-11-30)23-19(14-26-24-27-15-28-31(23)24)17-5-7-21(34-2)22(12-17)35-3/h4-7,12-15H,8-11H2,1-3H3. The van der Waals surface area contributed by atoms with Crippen LogP contribution in [0, 0.1) is 6.92 Å². The largest absolute Gasteiger partial charge is 0.493 e.